The summed E-state index contributed by atoms with van der Waals surface area (Å²) >= 11 is 6.95. The van der Waals surface area contributed by atoms with Crippen LogP contribution in [0.25, 0.3) is 0 Å². The number of nitrogens with zero attached hydrogens (tertiary/aromatic N) is 4. The van der Waals surface area contributed by atoms with Crippen LogP contribution in [0, 0.1) is 0 Å². The Kier molecular flexibility index (Phi) is 6.42. The molecular weight excluding hydrogens is 412 g/mol. The van der Waals surface area contributed by atoms with Crippen LogP contribution in [0.3, 0.4) is 0 Å². The number of aromatic nitrogens is 3. The van der Waals surface area contributed by atoms with E-state index in [0.717, 1.165) is 17.2 Å². The van der Waals surface area contributed by atoms with Crippen molar-refractivity contribution in [2.24, 2.45) is 0 Å². The highest BCUT2D eigenvalue weighted by Gasteiger charge is 2.33. The molecule has 27 heavy (non-hydrogen) atoms. The molecule has 1 aliphatic heterocycles. The third-order valence-corrected chi connectivity index (χ3v) is 8.33. The molecule has 0 N–H and O–H groups in total. The molecule has 2 aromatic rings. The van der Waals surface area contributed by atoms with Crippen molar-refractivity contribution in [3.8, 4) is 0 Å². The zero-order chi connectivity index (χ0) is 19.6. The Morgan fingerprint density at radius 2 is 2.04 bits per heavy atom. The fourth-order valence-electron chi connectivity index (χ4n) is 3.30. The van der Waals surface area contributed by atoms with Gasteiger partial charge in [0.05, 0.1) is 17.5 Å². The van der Waals surface area contributed by atoms with E-state index < -0.39 is 10.0 Å². The quantitative estimate of drug-likeness (QED) is 0.665. The number of hydrogen-bond donors (Lipinski definition) is 0. The zero-order valence-corrected chi connectivity index (χ0v) is 17.7. The Labute approximate surface area is 167 Å². The largest absolute Gasteiger partial charge is 0.383 e. The summed E-state index contributed by atoms with van der Waals surface area (Å²) in [5, 5.41) is 4.49. The molecule has 0 unspecified atom stereocenters. The normalized spacial score (nSPS) is 16.9. The van der Waals surface area contributed by atoms with Crippen LogP contribution >= 0.6 is 22.9 Å². The van der Waals surface area contributed by atoms with E-state index in [0.29, 0.717) is 50.0 Å². The fraction of sp³-hybridized carbons (Fsp3) is 0.625. The molecular formula is C16H23ClN4O4S2. The van der Waals surface area contributed by atoms with E-state index in [4.69, 9.17) is 16.3 Å². The molecule has 0 spiro atoms. The van der Waals surface area contributed by atoms with Crippen LogP contribution in [0.5, 0.6) is 0 Å². The second-order valence-corrected chi connectivity index (χ2v) is 10.2. The van der Waals surface area contributed by atoms with Crippen LogP contribution < -0.4 is 5.69 Å². The number of thiophene rings is 1. The van der Waals surface area contributed by atoms with Crippen molar-refractivity contribution in [2.45, 2.75) is 43.0 Å². The predicted molar refractivity (Wildman–Crippen MR) is 104 cm³/mol. The molecule has 0 bridgehead atoms. The van der Waals surface area contributed by atoms with E-state index in [1.54, 1.807) is 23.8 Å². The Morgan fingerprint density at radius 3 is 2.59 bits per heavy atom. The molecule has 0 aromatic carbocycles. The lowest BCUT2D eigenvalue weighted by molar-refractivity contribution is 0.182. The molecule has 0 radical (unpaired) electrons. The van der Waals surface area contributed by atoms with Crippen LogP contribution in [0.4, 0.5) is 0 Å². The predicted octanol–water partition coefficient (Wildman–Crippen LogP) is 1.99. The first-order chi connectivity index (χ1) is 12.9. The number of methoxy groups -OCH3 is 1. The highest BCUT2D eigenvalue weighted by molar-refractivity contribution is 7.91. The molecule has 0 amide bonds. The maximum Gasteiger partial charge on any atom is 0.345 e. The van der Waals surface area contributed by atoms with Crippen molar-refractivity contribution < 1.29 is 13.2 Å². The maximum absolute atomic E-state index is 12.7. The Bertz CT molecular complexity index is 942. The van der Waals surface area contributed by atoms with Crippen LogP contribution in [-0.4, -0.2) is 53.9 Å². The maximum atomic E-state index is 12.7. The van der Waals surface area contributed by atoms with Gasteiger partial charge in [0.1, 0.15) is 10.0 Å². The van der Waals surface area contributed by atoms with Crippen molar-refractivity contribution in [1.82, 2.24) is 18.7 Å². The van der Waals surface area contributed by atoms with Gasteiger partial charge < -0.3 is 4.74 Å². The van der Waals surface area contributed by atoms with Crippen molar-refractivity contribution in [3.05, 3.63) is 32.8 Å². The number of hydrogen-bond acceptors (Lipinski definition) is 6. The Morgan fingerprint density at radius 1 is 1.33 bits per heavy atom. The highest BCUT2D eigenvalue weighted by atomic mass is 35.5. The molecule has 150 valence electrons. The first-order valence-corrected chi connectivity index (χ1v) is 11.4. The summed E-state index contributed by atoms with van der Waals surface area (Å²) in [5.74, 6) is 0.787. The molecule has 11 heteroatoms. The lowest BCUT2D eigenvalue weighted by Gasteiger charge is -2.30. The summed E-state index contributed by atoms with van der Waals surface area (Å²) < 4.78 is 35.8. The van der Waals surface area contributed by atoms with E-state index in [9.17, 15) is 13.2 Å². The first-order valence-electron chi connectivity index (χ1n) is 8.80. The van der Waals surface area contributed by atoms with Crippen molar-refractivity contribution in [1.29, 1.82) is 0 Å². The van der Waals surface area contributed by atoms with E-state index in [1.807, 2.05) is 6.92 Å². The van der Waals surface area contributed by atoms with Gasteiger partial charge in [-0.3, -0.25) is 4.57 Å². The number of piperidine rings is 1. The third-order valence-electron chi connectivity index (χ3n) is 4.74. The minimum absolute atomic E-state index is 0.0554. The summed E-state index contributed by atoms with van der Waals surface area (Å²) in [4.78, 5) is 12.5. The van der Waals surface area contributed by atoms with Crippen molar-refractivity contribution >= 4 is 33.0 Å². The molecule has 2 aromatic heterocycles. The molecule has 0 saturated carbocycles. The molecule has 3 rings (SSSR count). The fourth-order valence-corrected chi connectivity index (χ4v) is 6.41. The summed E-state index contributed by atoms with van der Waals surface area (Å²) in [6, 6.07) is 3.14. The van der Waals surface area contributed by atoms with E-state index >= 15 is 0 Å². The Balaban J connectivity index is 1.75. The van der Waals surface area contributed by atoms with E-state index in [-0.39, 0.29) is 15.8 Å². The molecule has 1 fully saturated rings. The van der Waals surface area contributed by atoms with Crippen LogP contribution in [0.1, 0.15) is 31.5 Å². The topological polar surface area (TPSA) is 86.4 Å². The summed E-state index contributed by atoms with van der Waals surface area (Å²) in [5.41, 5.74) is -0.146. The zero-order valence-electron chi connectivity index (χ0n) is 15.3. The van der Waals surface area contributed by atoms with Crippen LogP contribution in [0.15, 0.2) is 21.1 Å². The number of sulfonamides is 1. The summed E-state index contributed by atoms with van der Waals surface area (Å²) in [7, 11) is -1.94. The first kappa shape index (κ1) is 20.5. The average molecular weight is 435 g/mol. The van der Waals surface area contributed by atoms with Crippen molar-refractivity contribution in [3.63, 3.8) is 0 Å². The minimum Gasteiger partial charge on any atom is -0.383 e. The van der Waals surface area contributed by atoms with Crippen LogP contribution in [0.2, 0.25) is 4.34 Å². The second kappa shape index (κ2) is 8.44. The van der Waals surface area contributed by atoms with E-state index in [2.05, 4.69) is 5.10 Å². The molecule has 8 nitrogen and oxygen atoms in total. The molecule has 0 atom stereocenters. The van der Waals surface area contributed by atoms with E-state index in [1.165, 1.54) is 8.99 Å². The number of rotatable bonds is 7. The minimum atomic E-state index is -3.52. The van der Waals surface area contributed by atoms with Gasteiger partial charge in [-0.15, -0.1) is 11.3 Å². The Hall–Kier alpha value is -1.20. The van der Waals surface area contributed by atoms with Gasteiger partial charge in [-0.2, -0.15) is 9.40 Å². The SMILES string of the molecule is CCn1c(C2CCN(S(=O)(=O)c3ccc(Cl)s3)CC2)nn(CCOC)c1=O. The number of ether oxygens (including phenoxy) is 1. The summed E-state index contributed by atoms with van der Waals surface area (Å²) in [6.07, 6.45) is 1.25. The van der Waals surface area contributed by atoms with Gasteiger partial charge in [-0.1, -0.05) is 11.6 Å². The third kappa shape index (κ3) is 4.14. The smallest absolute Gasteiger partial charge is 0.345 e. The number of halogens is 1. The second-order valence-electron chi connectivity index (χ2n) is 6.34. The molecule has 3 heterocycles. The molecule has 0 aliphatic carbocycles. The van der Waals surface area contributed by atoms with Gasteiger partial charge in [0.15, 0.2) is 0 Å². The average Bonchev–Trinajstić information content (AvgIpc) is 3.24. The summed E-state index contributed by atoms with van der Waals surface area (Å²) in [6.45, 7) is 4.05. The lowest BCUT2D eigenvalue weighted by Crippen LogP contribution is -2.38. The van der Waals surface area contributed by atoms with Gasteiger partial charge in [0.2, 0.25) is 0 Å². The van der Waals surface area contributed by atoms with Gasteiger partial charge in [0, 0.05) is 32.7 Å². The van der Waals surface area contributed by atoms with Gasteiger partial charge in [0.25, 0.3) is 10.0 Å². The van der Waals surface area contributed by atoms with Crippen molar-refractivity contribution in [2.75, 3.05) is 26.8 Å². The van der Waals surface area contributed by atoms with Crippen LogP contribution in [-0.2, 0) is 27.8 Å². The van der Waals surface area contributed by atoms with Gasteiger partial charge in [-0.05, 0) is 31.9 Å². The van der Waals surface area contributed by atoms with Gasteiger partial charge in [-0.25, -0.2) is 17.9 Å². The standard InChI is InChI=1S/C16H23ClN4O4S2/c1-3-20-15(18-21(16(20)22)10-11-25-2)12-6-8-19(9-7-12)27(23,24)14-5-4-13(17)26-14/h4-5,12H,3,6-11H2,1-2H3. The monoisotopic (exact) mass is 434 g/mol. The highest BCUT2D eigenvalue weighted by Crippen LogP contribution is 2.32. The lowest BCUT2D eigenvalue weighted by atomic mass is 9.97. The van der Waals surface area contributed by atoms with Gasteiger partial charge >= 0.3 is 5.69 Å². The molecule has 1 aliphatic rings. The molecule has 1 saturated heterocycles.